The summed E-state index contributed by atoms with van der Waals surface area (Å²) in [5, 5.41) is 0.652. The lowest BCUT2D eigenvalue weighted by molar-refractivity contribution is 0.236. The molecule has 0 fully saturated rings. The Morgan fingerprint density at radius 3 is 2.70 bits per heavy atom. The van der Waals surface area contributed by atoms with Gasteiger partial charge in [-0.25, -0.2) is 4.21 Å². The van der Waals surface area contributed by atoms with Gasteiger partial charge >= 0.3 is 0 Å². The van der Waals surface area contributed by atoms with Crippen molar-refractivity contribution in [2.45, 2.75) is 36.2 Å². The molecular formula is C16H15ClO2S. The molecule has 0 amide bonds. The zero-order valence-corrected chi connectivity index (χ0v) is 12.9. The SMILES string of the molecule is CC(C)Oc1ccc(Cl)c2c1S(=O)c1ccccc1C2. The number of hydrogen-bond donors (Lipinski definition) is 0. The van der Waals surface area contributed by atoms with Crippen LogP contribution in [0.4, 0.5) is 0 Å². The number of halogens is 1. The van der Waals surface area contributed by atoms with E-state index in [1.807, 2.05) is 50.2 Å². The Balaban J connectivity index is 2.19. The highest BCUT2D eigenvalue weighted by Gasteiger charge is 2.27. The average molecular weight is 307 g/mol. The minimum Gasteiger partial charge on any atom is -0.490 e. The maximum atomic E-state index is 12.8. The third-order valence-corrected chi connectivity index (χ3v) is 5.23. The Kier molecular flexibility index (Phi) is 3.57. The zero-order chi connectivity index (χ0) is 14.3. The molecule has 1 unspecified atom stereocenters. The van der Waals surface area contributed by atoms with Crippen molar-refractivity contribution in [3.05, 3.63) is 52.5 Å². The van der Waals surface area contributed by atoms with Crippen molar-refractivity contribution in [2.75, 3.05) is 0 Å². The van der Waals surface area contributed by atoms with Crippen LogP contribution in [0.25, 0.3) is 0 Å². The summed E-state index contributed by atoms with van der Waals surface area (Å²) in [6, 6.07) is 11.4. The highest BCUT2D eigenvalue weighted by Crippen LogP contribution is 2.40. The van der Waals surface area contributed by atoms with Crippen molar-refractivity contribution < 1.29 is 8.95 Å². The lowest BCUT2D eigenvalue weighted by Gasteiger charge is -2.23. The summed E-state index contributed by atoms with van der Waals surface area (Å²) >= 11 is 6.29. The van der Waals surface area contributed by atoms with Gasteiger partial charge in [0.1, 0.15) is 5.75 Å². The molecule has 2 aromatic rings. The van der Waals surface area contributed by atoms with E-state index in [9.17, 15) is 4.21 Å². The van der Waals surface area contributed by atoms with E-state index in [0.717, 1.165) is 20.9 Å². The van der Waals surface area contributed by atoms with Crippen LogP contribution in [0.15, 0.2) is 46.2 Å². The first kappa shape index (κ1) is 13.7. The molecule has 3 rings (SSSR count). The largest absolute Gasteiger partial charge is 0.490 e. The van der Waals surface area contributed by atoms with Gasteiger partial charge in [0, 0.05) is 16.3 Å². The van der Waals surface area contributed by atoms with Gasteiger partial charge in [-0.3, -0.25) is 0 Å². The lowest BCUT2D eigenvalue weighted by atomic mass is 10.0. The van der Waals surface area contributed by atoms with Gasteiger partial charge < -0.3 is 4.74 Å². The Labute approximate surface area is 126 Å². The van der Waals surface area contributed by atoms with Crippen molar-refractivity contribution >= 4 is 22.4 Å². The van der Waals surface area contributed by atoms with Gasteiger partial charge in [-0.15, -0.1) is 0 Å². The van der Waals surface area contributed by atoms with Gasteiger partial charge in [0.25, 0.3) is 0 Å². The van der Waals surface area contributed by atoms with E-state index in [1.165, 1.54) is 0 Å². The van der Waals surface area contributed by atoms with Crippen LogP contribution in [-0.2, 0) is 17.2 Å². The molecule has 104 valence electrons. The minimum absolute atomic E-state index is 0.0365. The van der Waals surface area contributed by atoms with E-state index in [4.69, 9.17) is 16.3 Å². The lowest BCUT2D eigenvalue weighted by Crippen LogP contribution is -2.14. The van der Waals surface area contributed by atoms with Crippen molar-refractivity contribution in [1.29, 1.82) is 0 Å². The van der Waals surface area contributed by atoms with Crippen molar-refractivity contribution in [3.8, 4) is 5.75 Å². The molecule has 1 aliphatic heterocycles. The smallest absolute Gasteiger partial charge is 0.136 e. The number of benzene rings is 2. The topological polar surface area (TPSA) is 26.3 Å². The fourth-order valence-corrected chi connectivity index (χ4v) is 4.21. The second-order valence-corrected chi connectivity index (χ2v) is 6.87. The summed E-state index contributed by atoms with van der Waals surface area (Å²) in [6.45, 7) is 3.92. The molecule has 2 aromatic carbocycles. The molecule has 0 N–H and O–H groups in total. The first-order chi connectivity index (χ1) is 9.58. The molecule has 1 aliphatic rings. The third-order valence-electron chi connectivity index (χ3n) is 3.25. The fraction of sp³-hybridized carbons (Fsp3) is 0.250. The third kappa shape index (κ3) is 2.25. The Bertz CT molecular complexity index is 695. The highest BCUT2D eigenvalue weighted by molar-refractivity contribution is 7.85. The summed E-state index contributed by atoms with van der Waals surface area (Å²) in [7, 11) is -1.24. The first-order valence-electron chi connectivity index (χ1n) is 6.55. The molecule has 0 aromatic heterocycles. The van der Waals surface area contributed by atoms with Crippen molar-refractivity contribution in [3.63, 3.8) is 0 Å². The van der Waals surface area contributed by atoms with Gasteiger partial charge in [0.2, 0.25) is 0 Å². The Morgan fingerprint density at radius 1 is 1.20 bits per heavy atom. The van der Waals surface area contributed by atoms with Crippen LogP contribution in [0.1, 0.15) is 25.0 Å². The van der Waals surface area contributed by atoms with Gasteiger partial charge in [-0.1, -0.05) is 29.8 Å². The van der Waals surface area contributed by atoms with Gasteiger partial charge in [-0.05, 0) is 43.2 Å². The van der Waals surface area contributed by atoms with E-state index in [2.05, 4.69) is 0 Å². The summed E-state index contributed by atoms with van der Waals surface area (Å²) in [6.07, 6.45) is 0.736. The molecule has 0 radical (unpaired) electrons. The van der Waals surface area contributed by atoms with E-state index >= 15 is 0 Å². The van der Waals surface area contributed by atoms with E-state index in [0.29, 0.717) is 17.2 Å². The number of rotatable bonds is 2. The van der Waals surface area contributed by atoms with Crippen LogP contribution < -0.4 is 4.74 Å². The quantitative estimate of drug-likeness (QED) is 0.709. The average Bonchev–Trinajstić information content (AvgIpc) is 2.42. The first-order valence-corrected chi connectivity index (χ1v) is 8.08. The molecule has 2 nitrogen and oxygen atoms in total. The minimum atomic E-state index is -1.24. The molecule has 0 spiro atoms. The van der Waals surface area contributed by atoms with E-state index in [-0.39, 0.29) is 6.10 Å². The molecule has 0 aliphatic carbocycles. The molecule has 0 saturated heterocycles. The van der Waals surface area contributed by atoms with E-state index in [1.54, 1.807) is 0 Å². The molecule has 0 bridgehead atoms. The van der Waals surface area contributed by atoms with Crippen LogP contribution in [0.2, 0.25) is 5.02 Å². The van der Waals surface area contributed by atoms with Crippen LogP contribution in [0, 0.1) is 0 Å². The second kappa shape index (κ2) is 5.23. The number of ether oxygens (including phenoxy) is 1. The highest BCUT2D eigenvalue weighted by atomic mass is 35.5. The molecular weight excluding hydrogens is 292 g/mol. The summed E-state index contributed by atoms with van der Waals surface area (Å²) < 4.78 is 18.6. The van der Waals surface area contributed by atoms with Gasteiger partial charge in [-0.2, -0.15) is 0 Å². The van der Waals surface area contributed by atoms with Crippen molar-refractivity contribution in [2.24, 2.45) is 0 Å². The summed E-state index contributed by atoms with van der Waals surface area (Å²) in [5.74, 6) is 0.673. The van der Waals surface area contributed by atoms with Gasteiger partial charge in [0.15, 0.2) is 0 Å². The maximum absolute atomic E-state index is 12.8. The monoisotopic (exact) mass is 306 g/mol. The number of fused-ring (bicyclic) bond motifs is 2. The number of hydrogen-bond acceptors (Lipinski definition) is 2. The Morgan fingerprint density at radius 2 is 1.95 bits per heavy atom. The maximum Gasteiger partial charge on any atom is 0.136 e. The van der Waals surface area contributed by atoms with Gasteiger partial charge in [0.05, 0.1) is 21.8 Å². The zero-order valence-electron chi connectivity index (χ0n) is 11.4. The van der Waals surface area contributed by atoms with Crippen LogP contribution >= 0.6 is 11.6 Å². The van der Waals surface area contributed by atoms with Crippen molar-refractivity contribution in [1.82, 2.24) is 0 Å². The molecule has 4 heteroatoms. The molecule has 20 heavy (non-hydrogen) atoms. The van der Waals surface area contributed by atoms with Crippen LogP contribution in [0.3, 0.4) is 0 Å². The summed E-state index contributed by atoms with van der Waals surface area (Å²) in [5.41, 5.74) is 1.99. The fourth-order valence-electron chi connectivity index (χ4n) is 2.43. The molecule has 0 saturated carbocycles. The molecule has 1 heterocycles. The van der Waals surface area contributed by atoms with Crippen LogP contribution in [-0.4, -0.2) is 10.3 Å². The summed E-state index contributed by atoms with van der Waals surface area (Å²) in [4.78, 5) is 1.58. The Hall–Kier alpha value is -1.32. The predicted octanol–water partition coefficient (Wildman–Crippen LogP) is 4.20. The van der Waals surface area contributed by atoms with E-state index < -0.39 is 10.8 Å². The van der Waals surface area contributed by atoms with Crippen LogP contribution in [0.5, 0.6) is 5.75 Å². The predicted molar refractivity (Wildman–Crippen MR) is 81.1 cm³/mol. The second-order valence-electron chi connectivity index (χ2n) is 5.07. The normalized spacial score (nSPS) is 16.7. The molecule has 1 atom stereocenters. The standard InChI is InChI=1S/C16H15ClO2S/c1-10(2)19-14-8-7-13(17)12-9-11-5-3-4-6-15(11)20(18)16(12)14/h3-8,10H,9H2,1-2H3.